The lowest BCUT2D eigenvalue weighted by Crippen LogP contribution is -2.14. The Hall–Kier alpha value is -5.07. The number of rotatable bonds is 11. The lowest BCUT2D eigenvalue weighted by Gasteiger charge is -2.11. The standard InChI is InChI=1S/C33H29N5O5S2/c1-3-43-26-17-13-23(14-18-26)34-31(39)22-44-33-36-35-32(38(33)24-15-19-25(42-2)20-16-24)29-21-37(30-12-8-7-11-28(29)30)45(40,41)27-9-5-4-6-10-27/h4-21H,3,22H2,1-2H3,(H,34,39). The molecule has 0 unspecified atom stereocenters. The summed E-state index contributed by atoms with van der Waals surface area (Å²) in [7, 11) is -2.32. The van der Waals surface area contributed by atoms with E-state index >= 15 is 0 Å². The van der Waals surface area contributed by atoms with Crippen LogP contribution in [-0.2, 0) is 14.8 Å². The maximum absolute atomic E-state index is 13.8. The second-order valence-corrected chi connectivity index (χ2v) is 12.6. The number of hydrogen-bond donors (Lipinski definition) is 1. The van der Waals surface area contributed by atoms with Gasteiger partial charge < -0.3 is 14.8 Å². The van der Waals surface area contributed by atoms with Gasteiger partial charge in [-0.1, -0.05) is 48.2 Å². The fourth-order valence-corrected chi connectivity index (χ4v) is 7.01. The highest BCUT2D eigenvalue weighted by atomic mass is 32.2. The lowest BCUT2D eigenvalue weighted by molar-refractivity contribution is -0.113. The van der Waals surface area contributed by atoms with Crippen molar-refractivity contribution in [3.8, 4) is 28.6 Å². The Balaban J connectivity index is 1.38. The molecule has 10 nitrogen and oxygen atoms in total. The van der Waals surface area contributed by atoms with Crippen molar-refractivity contribution in [1.29, 1.82) is 0 Å². The van der Waals surface area contributed by atoms with Crippen molar-refractivity contribution in [3.05, 3.63) is 109 Å². The average Bonchev–Trinajstić information content (AvgIpc) is 3.67. The van der Waals surface area contributed by atoms with E-state index in [-0.39, 0.29) is 16.6 Å². The molecule has 6 rings (SSSR count). The molecule has 0 aliphatic heterocycles. The largest absolute Gasteiger partial charge is 0.497 e. The second-order valence-electron chi connectivity index (χ2n) is 9.81. The summed E-state index contributed by atoms with van der Waals surface area (Å²) in [5.41, 5.74) is 2.44. The fraction of sp³-hybridized carbons (Fsp3) is 0.121. The molecule has 2 aromatic heterocycles. The monoisotopic (exact) mass is 639 g/mol. The third-order valence-corrected chi connectivity index (χ3v) is 9.58. The van der Waals surface area contributed by atoms with Crippen molar-refractivity contribution in [1.82, 2.24) is 18.7 Å². The summed E-state index contributed by atoms with van der Waals surface area (Å²) in [6.07, 6.45) is 1.57. The van der Waals surface area contributed by atoms with Crippen LogP contribution < -0.4 is 14.8 Å². The molecule has 0 saturated heterocycles. The van der Waals surface area contributed by atoms with Crippen molar-refractivity contribution in [2.75, 3.05) is 24.8 Å². The number of amides is 1. The molecule has 6 aromatic rings. The van der Waals surface area contributed by atoms with Crippen LogP contribution in [0.25, 0.3) is 28.0 Å². The SMILES string of the molecule is CCOc1ccc(NC(=O)CSc2nnc(-c3cn(S(=O)(=O)c4ccccc4)c4ccccc34)n2-c2ccc(OC)cc2)cc1. The van der Waals surface area contributed by atoms with Gasteiger partial charge in [-0.25, -0.2) is 12.4 Å². The third kappa shape index (κ3) is 6.15. The van der Waals surface area contributed by atoms with Crippen LogP contribution in [0.2, 0.25) is 0 Å². The van der Waals surface area contributed by atoms with E-state index in [1.54, 1.807) is 80.0 Å². The first-order valence-electron chi connectivity index (χ1n) is 14.1. The minimum absolute atomic E-state index is 0.0612. The van der Waals surface area contributed by atoms with Gasteiger partial charge in [-0.05, 0) is 73.7 Å². The number of ether oxygens (including phenoxy) is 2. The number of carbonyl (C=O) groups excluding carboxylic acids is 1. The first kappa shape index (κ1) is 30.0. The Morgan fingerprint density at radius 2 is 1.56 bits per heavy atom. The Morgan fingerprint density at radius 1 is 0.867 bits per heavy atom. The molecule has 12 heteroatoms. The summed E-state index contributed by atoms with van der Waals surface area (Å²) in [6.45, 7) is 2.47. The molecular weight excluding hydrogens is 611 g/mol. The third-order valence-electron chi connectivity index (χ3n) is 6.96. The molecule has 0 atom stereocenters. The number of thioether (sulfide) groups is 1. The molecule has 0 bridgehead atoms. The number of anilines is 1. The van der Waals surface area contributed by atoms with E-state index in [1.807, 2.05) is 47.9 Å². The normalized spacial score (nSPS) is 11.4. The molecule has 0 fully saturated rings. The zero-order valence-electron chi connectivity index (χ0n) is 24.5. The molecule has 0 spiro atoms. The summed E-state index contributed by atoms with van der Waals surface area (Å²) in [5, 5.41) is 13.0. The average molecular weight is 640 g/mol. The number of aromatic nitrogens is 4. The van der Waals surface area contributed by atoms with E-state index in [2.05, 4.69) is 15.5 Å². The highest BCUT2D eigenvalue weighted by Gasteiger charge is 2.25. The van der Waals surface area contributed by atoms with E-state index in [4.69, 9.17) is 9.47 Å². The van der Waals surface area contributed by atoms with Crippen LogP contribution in [0.3, 0.4) is 0 Å². The van der Waals surface area contributed by atoms with Gasteiger partial charge in [0.05, 0.1) is 29.9 Å². The van der Waals surface area contributed by atoms with Crippen LogP contribution in [0.15, 0.2) is 119 Å². The van der Waals surface area contributed by atoms with Crippen LogP contribution in [0, 0.1) is 0 Å². The van der Waals surface area contributed by atoms with Gasteiger partial charge in [0, 0.05) is 28.5 Å². The Kier molecular flexibility index (Phi) is 8.58. The zero-order chi connectivity index (χ0) is 31.4. The van der Waals surface area contributed by atoms with E-state index in [0.717, 1.165) is 5.75 Å². The summed E-state index contributed by atoms with van der Waals surface area (Å²) in [6, 6.07) is 30.0. The van der Waals surface area contributed by atoms with Crippen LogP contribution in [0.4, 0.5) is 5.69 Å². The summed E-state index contributed by atoms with van der Waals surface area (Å²) < 4.78 is 41.4. The number of benzene rings is 4. The highest BCUT2D eigenvalue weighted by molar-refractivity contribution is 7.99. The predicted octanol–water partition coefficient (Wildman–Crippen LogP) is 6.26. The van der Waals surface area contributed by atoms with Crippen molar-refractivity contribution < 1.29 is 22.7 Å². The van der Waals surface area contributed by atoms with Crippen molar-refractivity contribution >= 4 is 44.3 Å². The van der Waals surface area contributed by atoms with Gasteiger partial charge in [0.2, 0.25) is 5.91 Å². The van der Waals surface area contributed by atoms with Gasteiger partial charge >= 0.3 is 0 Å². The number of para-hydroxylation sites is 1. The molecule has 2 heterocycles. The molecule has 45 heavy (non-hydrogen) atoms. The number of fused-ring (bicyclic) bond motifs is 1. The van der Waals surface area contributed by atoms with Gasteiger partial charge in [-0.3, -0.25) is 9.36 Å². The smallest absolute Gasteiger partial charge is 0.268 e. The molecular formula is C33H29N5O5S2. The summed E-state index contributed by atoms with van der Waals surface area (Å²) in [5.74, 6) is 1.66. The first-order valence-corrected chi connectivity index (χ1v) is 16.5. The fourth-order valence-electron chi connectivity index (χ4n) is 4.86. The second kappa shape index (κ2) is 12.9. The van der Waals surface area contributed by atoms with Crippen molar-refractivity contribution in [3.63, 3.8) is 0 Å². The van der Waals surface area contributed by atoms with E-state index in [9.17, 15) is 13.2 Å². The van der Waals surface area contributed by atoms with Crippen LogP contribution in [-0.4, -0.2) is 52.5 Å². The highest BCUT2D eigenvalue weighted by Crippen LogP contribution is 2.36. The Morgan fingerprint density at radius 3 is 2.27 bits per heavy atom. The summed E-state index contributed by atoms with van der Waals surface area (Å²) in [4.78, 5) is 13.1. The molecule has 0 saturated carbocycles. The first-order chi connectivity index (χ1) is 21.9. The quantitative estimate of drug-likeness (QED) is 0.165. The van der Waals surface area contributed by atoms with E-state index < -0.39 is 10.0 Å². The molecule has 228 valence electrons. The number of carbonyl (C=O) groups is 1. The number of nitrogens with zero attached hydrogens (tertiary/aromatic N) is 4. The van der Waals surface area contributed by atoms with Gasteiger partial charge in [-0.15, -0.1) is 10.2 Å². The van der Waals surface area contributed by atoms with Crippen molar-refractivity contribution in [2.24, 2.45) is 0 Å². The van der Waals surface area contributed by atoms with Gasteiger partial charge in [0.25, 0.3) is 10.0 Å². The molecule has 4 aromatic carbocycles. The van der Waals surface area contributed by atoms with Gasteiger partial charge in [0.15, 0.2) is 11.0 Å². The lowest BCUT2D eigenvalue weighted by atomic mass is 10.1. The molecule has 1 amide bonds. The molecule has 1 N–H and O–H groups in total. The Bertz CT molecular complexity index is 2060. The predicted molar refractivity (Wildman–Crippen MR) is 175 cm³/mol. The van der Waals surface area contributed by atoms with Crippen LogP contribution >= 0.6 is 11.8 Å². The maximum atomic E-state index is 13.8. The Labute approximate surface area is 264 Å². The molecule has 0 aliphatic carbocycles. The van der Waals surface area contributed by atoms with Crippen LogP contribution in [0.1, 0.15) is 6.92 Å². The van der Waals surface area contributed by atoms with Crippen LogP contribution in [0.5, 0.6) is 11.5 Å². The molecule has 0 radical (unpaired) electrons. The van der Waals surface area contributed by atoms with Gasteiger partial charge in [-0.2, -0.15) is 0 Å². The minimum Gasteiger partial charge on any atom is -0.497 e. The topological polar surface area (TPSA) is 117 Å². The number of methoxy groups -OCH3 is 1. The molecule has 0 aliphatic rings. The van der Waals surface area contributed by atoms with Gasteiger partial charge in [0.1, 0.15) is 11.5 Å². The zero-order valence-corrected chi connectivity index (χ0v) is 26.1. The van der Waals surface area contributed by atoms with Crippen molar-refractivity contribution in [2.45, 2.75) is 17.0 Å². The van der Waals surface area contributed by atoms with E-state index in [0.29, 0.717) is 51.2 Å². The summed E-state index contributed by atoms with van der Waals surface area (Å²) >= 11 is 1.22. The minimum atomic E-state index is -3.91. The number of hydrogen-bond acceptors (Lipinski definition) is 8. The maximum Gasteiger partial charge on any atom is 0.268 e. The number of nitrogens with one attached hydrogen (secondary N) is 1. The van der Waals surface area contributed by atoms with E-state index in [1.165, 1.54) is 15.7 Å².